The van der Waals surface area contributed by atoms with Gasteiger partial charge in [0.15, 0.2) is 0 Å². The molecule has 0 aliphatic rings. The van der Waals surface area contributed by atoms with Gasteiger partial charge < -0.3 is 5.73 Å². The lowest BCUT2D eigenvalue weighted by Gasteiger charge is -2.16. The molecule has 1 amide bonds. The molecule has 0 fully saturated rings. The Morgan fingerprint density at radius 3 is 2.82 bits per heavy atom. The second kappa shape index (κ2) is 6.51. The normalized spacial score (nSPS) is 12.2. The number of nitrogens with two attached hydrogens (primary N) is 2. The maximum atomic E-state index is 11.6. The number of carbonyl (C=O) groups excluding carboxylic acids is 1. The van der Waals surface area contributed by atoms with E-state index < -0.39 is 0 Å². The fraction of sp³-hybridized carbons (Fsp3) is 0.417. The zero-order chi connectivity index (χ0) is 12.8. The fourth-order valence-electron chi connectivity index (χ4n) is 1.51. The van der Waals surface area contributed by atoms with Gasteiger partial charge in [0.1, 0.15) is 0 Å². The molecule has 17 heavy (non-hydrogen) atoms. The lowest BCUT2D eigenvalue weighted by atomic mass is 10.2. The van der Waals surface area contributed by atoms with Gasteiger partial charge in [0.2, 0.25) is 5.91 Å². The van der Waals surface area contributed by atoms with Crippen molar-refractivity contribution in [1.29, 1.82) is 0 Å². The van der Waals surface area contributed by atoms with Crippen LogP contribution in [-0.2, 0) is 4.79 Å². The maximum absolute atomic E-state index is 11.6. The van der Waals surface area contributed by atoms with Gasteiger partial charge in [-0.1, -0.05) is 19.4 Å². The van der Waals surface area contributed by atoms with Crippen molar-refractivity contribution in [3.63, 3.8) is 0 Å². The number of anilines is 1. The van der Waals surface area contributed by atoms with E-state index in [9.17, 15) is 4.79 Å². The molecule has 1 aromatic carbocycles. The van der Waals surface area contributed by atoms with Crippen molar-refractivity contribution < 1.29 is 4.79 Å². The first kappa shape index (κ1) is 13.9. The van der Waals surface area contributed by atoms with E-state index >= 15 is 0 Å². The molecule has 1 atom stereocenters. The quantitative estimate of drug-likeness (QED) is 0.246. The van der Waals surface area contributed by atoms with E-state index in [-0.39, 0.29) is 11.2 Å². The summed E-state index contributed by atoms with van der Waals surface area (Å²) < 4.78 is 0. The van der Waals surface area contributed by atoms with E-state index in [0.717, 1.165) is 29.0 Å². The van der Waals surface area contributed by atoms with Crippen molar-refractivity contribution in [3.8, 4) is 0 Å². The van der Waals surface area contributed by atoms with Crippen LogP contribution in [0.2, 0.25) is 0 Å². The van der Waals surface area contributed by atoms with Crippen LogP contribution in [0.3, 0.4) is 0 Å². The Morgan fingerprint density at radius 1 is 1.53 bits per heavy atom. The van der Waals surface area contributed by atoms with Crippen LogP contribution in [0.5, 0.6) is 0 Å². The zero-order valence-electron chi connectivity index (χ0n) is 10.2. The van der Waals surface area contributed by atoms with Crippen molar-refractivity contribution in [2.45, 2.75) is 36.8 Å². The highest BCUT2D eigenvalue weighted by atomic mass is 32.2. The monoisotopic (exact) mass is 253 g/mol. The van der Waals surface area contributed by atoms with E-state index in [4.69, 9.17) is 11.6 Å². The molecule has 4 nitrogen and oxygen atoms in total. The number of rotatable bonds is 5. The molecule has 0 saturated carbocycles. The van der Waals surface area contributed by atoms with Crippen LogP contribution in [0.15, 0.2) is 23.1 Å². The molecule has 0 aromatic heterocycles. The second-order valence-corrected chi connectivity index (χ2v) is 5.12. The summed E-state index contributed by atoms with van der Waals surface area (Å²) in [5.74, 6) is 5.05. The minimum absolute atomic E-state index is 0.140. The maximum Gasteiger partial charge on any atom is 0.247 e. The van der Waals surface area contributed by atoms with Gasteiger partial charge in [-0.05, 0) is 31.0 Å². The third-order valence-electron chi connectivity index (χ3n) is 2.58. The minimum atomic E-state index is -0.162. The standard InChI is InChI=1S/C12H19N3OS/c1-3-5-11(12(16)15-14)17-10-7-4-6-9(13)8(10)2/h4,6-7,11H,3,5,13-14H2,1-2H3,(H,15,16). The molecule has 94 valence electrons. The van der Waals surface area contributed by atoms with Crippen molar-refractivity contribution in [2.24, 2.45) is 5.84 Å². The van der Waals surface area contributed by atoms with Crippen molar-refractivity contribution in [2.75, 3.05) is 5.73 Å². The third-order valence-corrected chi connectivity index (χ3v) is 4.01. The number of nitrogen functional groups attached to an aromatic ring is 1. The van der Waals surface area contributed by atoms with Gasteiger partial charge in [0.25, 0.3) is 0 Å². The topological polar surface area (TPSA) is 81.1 Å². The number of amides is 1. The summed E-state index contributed by atoms with van der Waals surface area (Å²) >= 11 is 1.51. The van der Waals surface area contributed by atoms with Crippen molar-refractivity contribution >= 4 is 23.4 Å². The lowest BCUT2D eigenvalue weighted by molar-refractivity contribution is -0.120. The number of carbonyl (C=O) groups is 1. The van der Waals surface area contributed by atoms with Crippen molar-refractivity contribution in [1.82, 2.24) is 5.43 Å². The molecule has 5 N–H and O–H groups in total. The van der Waals surface area contributed by atoms with E-state index in [0.29, 0.717) is 0 Å². The summed E-state index contributed by atoms with van der Waals surface area (Å²) in [6.45, 7) is 4.00. The molecule has 1 aromatic rings. The van der Waals surface area contributed by atoms with E-state index in [2.05, 4.69) is 5.43 Å². The van der Waals surface area contributed by atoms with Gasteiger partial charge in [-0.15, -0.1) is 11.8 Å². The Morgan fingerprint density at radius 2 is 2.24 bits per heavy atom. The van der Waals surface area contributed by atoms with Crippen molar-refractivity contribution in [3.05, 3.63) is 23.8 Å². The molecule has 0 aliphatic carbocycles. The van der Waals surface area contributed by atoms with Crippen LogP contribution in [-0.4, -0.2) is 11.2 Å². The molecular weight excluding hydrogens is 234 g/mol. The fourth-order valence-corrected chi connectivity index (χ4v) is 2.80. The van der Waals surface area contributed by atoms with E-state index in [1.807, 2.05) is 32.0 Å². The van der Waals surface area contributed by atoms with Crippen LogP contribution < -0.4 is 17.0 Å². The zero-order valence-corrected chi connectivity index (χ0v) is 11.0. The first-order valence-corrected chi connectivity index (χ1v) is 6.50. The highest BCUT2D eigenvalue weighted by Crippen LogP contribution is 2.31. The number of benzene rings is 1. The number of hydrogen-bond donors (Lipinski definition) is 3. The molecule has 1 rings (SSSR count). The molecule has 0 bridgehead atoms. The predicted octanol–water partition coefficient (Wildman–Crippen LogP) is 1.83. The van der Waals surface area contributed by atoms with Gasteiger partial charge in [0, 0.05) is 10.6 Å². The Labute approximate surface area is 106 Å². The Hall–Kier alpha value is -1.20. The molecule has 5 heteroatoms. The summed E-state index contributed by atoms with van der Waals surface area (Å²) in [5.41, 5.74) is 9.82. The molecule has 0 aliphatic heterocycles. The summed E-state index contributed by atoms with van der Waals surface area (Å²) in [5, 5.41) is -0.162. The Balaban J connectivity index is 2.85. The number of hydrogen-bond acceptors (Lipinski definition) is 4. The summed E-state index contributed by atoms with van der Waals surface area (Å²) in [7, 11) is 0. The van der Waals surface area contributed by atoms with Gasteiger partial charge >= 0.3 is 0 Å². The average Bonchev–Trinajstić information content (AvgIpc) is 2.33. The molecule has 0 spiro atoms. The van der Waals surface area contributed by atoms with Gasteiger partial charge in [0.05, 0.1) is 5.25 Å². The predicted molar refractivity (Wildman–Crippen MR) is 72.5 cm³/mol. The first-order chi connectivity index (χ1) is 8.10. The van der Waals surface area contributed by atoms with Crippen LogP contribution in [0.25, 0.3) is 0 Å². The van der Waals surface area contributed by atoms with Gasteiger partial charge in [-0.3, -0.25) is 10.2 Å². The number of hydrazine groups is 1. The average molecular weight is 253 g/mol. The third kappa shape index (κ3) is 3.64. The largest absolute Gasteiger partial charge is 0.398 e. The highest BCUT2D eigenvalue weighted by Gasteiger charge is 2.19. The van der Waals surface area contributed by atoms with Gasteiger partial charge in [-0.25, -0.2) is 5.84 Å². The Bertz CT molecular complexity index is 395. The minimum Gasteiger partial charge on any atom is -0.398 e. The van der Waals surface area contributed by atoms with E-state index in [1.165, 1.54) is 11.8 Å². The SMILES string of the molecule is CCCC(Sc1cccc(N)c1C)C(=O)NN. The summed E-state index contributed by atoms with van der Waals surface area (Å²) in [4.78, 5) is 12.6. The first-order valence-electron chi connectivity index (χ1n) is 5.62. The van der Waals surface area contributed by atoms with Crippen LogP contribution >= 0.6 is 11.8 Å². The molecule has 0 saturated heterocycles. The number of nitrogens with one attached hydrogen (secondary N) is 1. The summed E-state index contributed by atoms with van der Waals surface area (Å²) in [6.07, 6.45) is 1.73. The molecule has 0 radical (unpaired) electrons. The van der Waals surface area contributed by atoms with Crippen LogP contribution in [0.4, 0.5) is 5.69 Å². The smallest absolute Gasteiger partial charge is 0.247 e. The second-order valence-electron chi connectivity index (χ2n) is 3.87. The summed E-state index contributed by atoms with van der Waals surface area (Å²) in [6, 6.07) is 5.73. The van der Waals surface area contributed by atoms with Crippen LogP contribution in [0, 0.1) is 6.92 Å². The van der Waals surface area contributed by atoms with Gasteiger partial charge in [-0.2, -0.15) is 0 Å². The lowest BCUT2D eigenvalue weighted by Crippen LogP contribution is -2.37. The molecule has 0 heterocycles. The molecule has 1 unspecified atom stereocenters. The highest BCUT2D eigenvalue weighted by molar-refractivity contribution is 8.00. The Kier molecular flexibility index (Phi) is 5.31. The van der Waals surface area contributed by atoms with Crippen LogP contribution in [0.1, 0.15) is 25.3 Å². The molecular formula is C12H19N3OS. The number of thioether (sulfide) groups is 1. The van der Waals surface area contributed by atoms with E-state index in [1.54, 1.807) is 0 Å².